The van der Waals surface area contributed by atoms with E-state index in [2.05, 4.69) is 6.58 Å². The number of hydrogen-bond acceptors (Lipinski definition) is 12. The standard InChI is InChI=1S/C2H2Cl2.4Al.3O4Si/c1-2(3)4;;;;;3*1-5(2,3)4/h1H2;;;;;;;/q;4*+3;3*-4. The van der Waals surface area contributed by atoms with Crippen molar-refractivity contribution in [1.82, 2.24) is 0 Å². The molecule has 0 rings (SSSR count). The van der Waals surface area contributed by atoms with Gasteiger partial charge in [0.1, 0.15) is 0 Å². The maximum atomic E-state index is 8.58. The van der Waals surface area contributed by atoms with Gasteiger partial charge in [0.2, 0.25) is 0 Å². The van der Waals surface area contributed by atoms with E-state index in [4.69, 9.17) is 80.7 Å². The number of halogens is 2. The van der Waals surface area contributed by atoms with Crippen molar-refractivity contribution in [3.8, 4) is 0 Å². The first kappa shape index (κ1) is 50.0. The van der Waals surface area contributed by atoms with Gasteiger partial charge in [-0.1, -0.05) is 29.8 Å². The minimum Gasteiger partial charge on any atom is -0.894 e. The molecule has 12 nitrogen and oxygen atoms in total. The molecular formula is C2H2Al4Cl2O12Si3. The van der Waals surface area contributed by atoms with Crippen LogP contribution in [0.5, 0.6) is 0 Å². The molecule has 0 aromatic carbocycles. The average molecular weight is 481 g/mol. The zero-order valence-electron chi connectivity index (χ0n) is 10.7. The topological polar surface area (TPSA) is 277 Å². The summed E-state index contributed by atoms with van der Waals surface area (Å²) in [7, 11) is -16.8. The van der Waals surface area contributed by atoms with Crippen molar-refractivity contribution in [2.75, 3.05) is 0 Å². The molecule has 0 saturated carbocycles. The summed E-state index contributed by atoms with van der Waals surface area (Å²) in [6.07, 6.45) is 0. The summed E-state index contributed by atoms with van der Waals surface area (Å²) in [5.74, 6) is 0. The molecule has 0 aliphatic carbocycles. The van der Waals surface area contributed by atoms with Gasteiger partial charge in [-0.3, -0.25) is 0 Å². The van der Waals surface area contributed by atoms with Gasteiger partial charge in [0.05, 0.1) is 4.49 Å². The third kappa shape index (κ3) is 1830. The smallest absolute Gasteiger partial charge is 0.894 e. The van der Waals surface area contributed by atoms with Crippen LogP contribution in [0.1, 0.15) is 0 Å². The zero-order valence-corrected chi connectivity index (χ0v) is 19.8. The van der Waals surface area contributed by atoms with Gasteiger partial charge in [0.15, 0.2) is 0 Å². The normalized spacial score (nSPS) is 8.96. The molecule has 0 aromatic rings. The van der Waals surface area contributed by atoms with Gasteiger partial charge in [0.25, 0.3) is 0 Å². The van der Waals surface area contributed by atoms with Gasteiger partial charge in [0, 0.05) is 0 Å². The second-order valence-corrected chi connectivity index (χ2v) is 5.94. The van der Waals surface area contributed by atoms with Crippen molar-refractivity contribution >= 4 is 120 Å². The monoisotopic (exact) mass is 480 g/mol. The number of rotatable bonds is 0. The van der Waals surface area contributed by atoms with Crippen LogP contribution in [-0.2, 0) is 0 Å². The molecule has 0 aromatic heterocycles. The van der Waals surface area contributed by atoms with Crippen molar-refractivity contribution in [3.05, 3.63) is 11.1 Å². The molecule has 23 heavy (non-hydrogen) atoms. The molecular weight excluding hydrogens is 479 g/mol. The van der Waals surface area contributed by atoms with Crippen LogP contribution >= 0.6 is 23.2 Å². The molecule has 0 heterocycles. The second kappa shape index (κ2) is 24.6. The van der Waals surface area contributed by atoms with Crippen molar-refractivity contribution in [2.24, 2.45) is 0 Å². The fourth-order valence-electron chi connectivity index (χ4n) is 0. The number of hydrogen-bond donors (Lipinski definition) is 0. The van der Waals surface area contributed by atoms with E-state index < -0.39 is 27.1 Å². The van der Waals surface area contributed by atoms with Crippen LogP contribution in [0.2, 0.25) is 0 Å². The Morgan fingerprint density at radius 3 is 0.478 bits per heavy atom. The molecule has 0 atom stereocenters. The molecule has 0 radical (unpaired) electrons. The predicted molar refractivity (Wildman–Crippen MR) is 61.1 cm³/mol. The summed E-state index contributed by atoms with van der Waals surface area (Å²) in [5, 5.41) is 0. The molecule has 0 unspecified atom stereocenters. The van der Waals surface area contributed by atoms with Crippen LogP contribution in [0.3, 0.4) is 0 Å². The molecule has 0 spiro atoms. The summed E-state index contributed by atoms with van der Waals surface area (Å²) >= 11 is 9.69. The van der Waals surface area contributed by atoms with E-state index >= 15 is 0 Å². The minimum atomic E-state index is -5.61. The zero-order chi connectivity index (χ0) is 17.1. The third-order valence-corrected chi connectivity index (χ3v) is 0. The minimum absolute atomic E-state index is 0. The largest absolute Gasteiger partial charge is 3.00 e. The molecule has 0 fully saturated rings. The van der Waals surface area contributed by atoms with Crippen LogP contribution in [0, 0.1) is 0 Å². The first-order valence-electron chi connectivity index (χ1n) is 3.18. The van der Waals surface area contributed by atoms with Crippen molar-refractivity contribution < 1.29 is 57.5 Å². The first-order chi connectivity index (χ1) is 7.73. The van der Waals surface area contributed by atoms with Crippen molar-refractivity contribution in [1.29, 1.82) is 0 Å². The Morgan fingerprint density at radius 1 is 0.478 bits per heavy atom. The van der Waals surface area contributed by atoms with Crippen LogP contribution in [0.4, 0.5) is 0 Å². The Bertz CT molecular complexity index is 181. The predicted octanol–water partition coefficient (Wildman–Crippen LogP) is -15.0. The fourth-order valence-corrected chi connectivity index (χ4v) is 0. The van der Waals surface area contributed by atoms with Gasteiger partial charge in [-0.15, -0.1) is 0 Å². The molecule has 0 aliphatic heterocycles. The maximum Gasteiger partial charge on any atom is 3.00 e. The third-order valence-electron chi connectivity index (χ3n) is 0. The summed E-state index contributed by atoms with van der Waals surface area (Å²) in [6.45, 7) is 3.09. The SMILES string of the molecule is C=C(Cl)Cl.[Al+3].[Al+3].[Al+3].[Al+3].[O-][Si]([O-])([O-])[O-].[O-][Si]([O-])([O-])[O-].[O-][Si]([O-])([O-])[O-]. The molecule has 0 amide bonds. The Balaban J connectivity index is -0.0000000206. The Morgan fingerprint density at radius 2 is 0.478 bits per heavy atom. The van der Waals surface area contributed by atoms with Gasteiger partial charge >= 0.3 is 69.4 Å². The van der Waals surface area contributed by atoms with Crippen LogP contribution in [0.15, 0.2) is 11.1 Å². The van der Waals surface area contributed by atoms with E-state index in [1.165, 1.54) is 0 Å². The Labute approximate surface area is 187 Å². The van der Waals surface area contributed by atoms with E-state index in [1.54, 1.807) is 0 Å². The molecule has 0 aliphatic rings. The van der Waals surface area contributed by atoms with Crippen molar-refractivity contribution in [3.63, 3.8) is 0 Å². The summed E-state index contributed by atoms with van der Waals surface area (Å²) in [4.78, 5) is 103. The van der Waals surface area contributed by atoms with Gasteiger partial charge < -0.3 is 84.7 Å². The fraction of sp³-hybridized carbons (Fsp3) is 0. The first-order valence-corrected chi connectivity index (χ1v) is 8.84. The quantitative estimate of drug-likeness (QED) is 0.292. The van der Waals surface area contributed by atoms with E-state index in [-0.39, 0.29) is 73.9 Å². The van der Waals surface area contributed by atoms with E-state index in [0.717, 1.165) is 0 Å². The van der Waals surface area contributed by atoms with Crippen LogP contribution in [-0.4, -0.2) is 96.6 Å². The summed E-state index contributed by atoms with van der Waals surface area (Å²) < 4.78 is 0.111. The molecule has 0 N–H and O–H groups in total. The average Bonchev–Trinajstić information content (AvgIpc) is 1.66. The molecule has 120 valence electrons. The van der Waals surface area contributed by atoms with E-state index in [1.807, 2.05) is 0 Å². The van der Waals surface area contributed by atoms with Crippen molar-refractivity contribution in [2.45, 2.75) is 0 Å². The molecule has 21 heteroatoms. The molecule has 0 bridgehead atoms. The van der Waals surface area contributed by atoms with Gasteiger partial charge in [-0.2, -0.15) is 0 Å². The Kier molecular flexibility index (Phi) is 53.5. The summed E-state index contributed by atoms with van der Waals surface area (Å²) in [5.41, 5.74) is 0. The van der Waals surface area contributed by atoms with E-state index in [0.29, 0.717) is 0 Å². The van der Waals surface area contributed by atoms with Gasteiger partial charge in [-0.05, 0) is 0 Å². The van der Waals surface area contributed by atoms with Crippen LogP contribution < -0.4 is 57.5 Å². The van der Waals surface area contributed by atoms with Gasteiger partial charge in [-0.25, -0.2) is 0 Å². The Hall–Kier alpha value is 2.62. The van der Waals surface area contributed by atoms with E-state index in [9.17, 15) is 0 Å². The second-order valence-electron chi connectivity index (χ2n) is 1.84. The molecule has 0 saturated heterocycles. The maximum absolute atomic E-state index is 8.58. The van der Waals surface area contributed by atoms with Crippen LogP contribution in [0.25, 0.3) is 0 Å². The summed E-state index contributed by atoms with van der Waals surface area (Å²) in [6, 6.07) is 0.